The summed E-state index contributed by atoms with van der Waals surface area (Å²) in [7, 11) is 0. The first-order chi connectivity index (χ1) is 4.12. The second-order valence-electron chi connectivity index (χ2n) is 2.44. The van der Waals surface area contributed by atoms with Crippen LogP contribution in [0, 0.1) is 0 Å². The lowest BCUT2D eigenvalue weighted by Crippen LogP contribution is -2.52. The Kier molecular flexibility index (Phi) is 1.70. The van der Waals surface area contributed by atoms with E-state index in [1.165, 1.54) is 0 Å². The predicted molar refractivity (Wildman–Crippen MR) is 29.5 cm³/mol. The maximum absolute atomic E-state index is 12.0. The van der Waals surface area contributed by atoms with Crippen molar-refractivity contribution in [1.82, 2.24) is 0 Å². The first-order valence-corrected chi connectivity index (χ1v) is 2.82. The lowest BCUT2D eigenvalue weighted by molar-refractivity contribution is -0.187. The van der Waals surface area contributed by atoms with Crippen LogP contribution in [-0.4, -0.2) is 30.2 Å². The molecule has 0 amide bonds. The van der Waals surface area contributed by atoms with Crippen LogP contribution in [0.25, 0.3) is 0 Å². The summed E-state index contributed by atoms with van der Waals surface area (Å²) in [4.78, 5) is 0. The van der Waals surface area contributed by atoms with Gasteiger partial charge in [0.2, 0.25) is 0 Å². The van der Waals surface area contributed by atoms with Crippen LogP contribution < -0.4 is 5.73 Å². The van der Waals surface area contributed by atoms with Crippen molar-refractivity contribution in [1.29, 1.82) is 0 Å². The molecule has 1 heterocycles. The van der Waals surface area contributed by atoms with E-state index in [1.807, 2.05) is 0 Å². The van der Waals surface area contributed by atoms with E-state index in [-0.39, 0.29) is 19.6 Å². The van der Waals surface area contributed by atoms with Gasteiger partial charge in [-0.3, -0.25) is 0 Å². The van der Waals surface area contributed by atoms with Gasteiger partial charge in [0.05, 0.1) is 13.2 Å². The highest BCUT2D eigenvalue weighted by atomic mass is 19.1. The van der Waals surface area contributed by atoms with E-state index >= 15 is 0 Å². The average molecular weight is 135 g/mol. The average Bonchev–Trinajstić information content (AvgIpc) is 1.60. The van der Waals surface area contributed by atoms with Crippen molar-refractivity contribution in [3.63, 3.8) is 0 Å². The van der Waals surface area contributed by atoms with Crippen molar-refractivity contribution in [2.45, 2.75) is 18.3 Å². The van der Waals surface area contributed by atoms with Gasteiger partial charge in [-0.15, -0.1) is 0 Å². The first-order valence-electron chi connectivity index (χ1n) is 2.82. The Hall–Kier alpha value is -0.190. The SMILES string of the molecule is NC(F)CC1(O)COC1. The number of hydrogen-bond acceptors (Lipinski definition) is 3. The van der Waals surface area contributed by atoms with Crippen LogP contribution in [0.3, 0.4) is 0 Å². The molecule has 54 valence electrons. The summed E-state index contributed by atoms with van der Waals surface area (Å²) in [6, 6.07) is 0. The molecule has 1 rings (SSSR count). The minimum absolute atomic E-state index is 0.0208. The smallest absolute Gasteiger partial charge is 0.151 e. The molecule has 0 radical (unpaired) electrons. The van der Waals surface area contributed by atoms with Crippen LogP contribution in [0.5, 0.6) is 0 Å². The largest absolute Gasteiger partial charge is 0.385 e. The van der Waals surface area contributed by atoms with Crippen molar-refractivity contribution in [3.8, 4) is 0 Å². The minimum Gasteiger partial charge on any atom is -0.385 e. The number of aliphatic hydroxyl groups is 1. The first kappa shape index (κ1) is 6.92. The molecule has 0 aromatic heterocycles. The molecule has 1 saturated heterocycles. The molecule has 0 bridgehead atoms. The highest BCUT2D eigenvalue weighted by Gasteiger charge is 2.37. The summed E-state index contributed by atoms with van der Waals surface area (Å²) in [6.07, 6.45) is -1.45. The Balaban J connectivity index is 2.24. The van der Waals surface area contributed by atoms with Crippen LogP contribution in [0.1, 0.15) is 6.42 Å². The van der Waals surface area contributed by atoms with Crippen molar-refractivity contribution in [2.24, 2.45) is 5.73 Å². The number of rotatable bonds is 2. The molecular weight excluding hydrogens is 125 g/mol. The number of alkyl halides is 1. The Morgan fingerprint density at radius 1 is 1.78 bits per heavy atom. The van der Waals surface area contributed by atoms with Gasteiger partial charge in [-0.2, -0.15) is 0 Å². The Morgan fingerprint density at radius 3 is 2.44 bits per heavy atom. The second-order valence-corrected chi connectivity index (χ2v) is 2.44. The number of halogens is 1. The molecule has 1 fully saturated rings. The fourth-order valence-electron chi connectivity index (χ4n) is 0.819. The maximum Gasteiger partial charge on any atom is 0.151 e. The Labute approximate surface area is 52.6 Å². The van der Waals surface area contributed by atoms with E-state index in [1.54, 1.807) is 0 Å². The van der Waals surface area contributed by atoms with Crippen LogP contribution >= 0.6 is 0 Å². The zero-order chi connectivity index (χ0) is 6.91. The molecule has 1 aliphatic heterocycles. The van der Waals surface area contributed by atoms with E-state index in [2.05, 4.69) is 4.74 Å². The molecule has 0 spiro atoms. The van der Waals surface area contributed by atoms with Gasteiger partial charge in [-0.1, -0.05) is 0 Å². The fourth-order valence-corrected chi connectivity index (χ4v) is 0.819. The quantitative estimate of drug-likeness (QED) is 0.497. The van der Waals surface area contributed by atoms with E-state index in [4.69, 9.17) is 10.8 Å². The maximum atomic E-state index is 12.0. The van der Waals surface area contributed by atoms with Gasteiger partial charge < -0.3 is 15.6 Å². The summed E-state index contributed by atoms with van der Waals surface area (Å²) >= 11 is 0. The minimum atomic E-state index is -1.43. The predicted octanol–water partition coefficient (Wildman–Crippen LogP) is -0.608. The molecule has 0 saturated carbocycles. The third kappa shape index (κ3) is 1.61. The van der Waals surface area contributed by atoms with E-state index in [0.717, 1.165) is 0 Å². The zero-order valence-electron chi connectivity index (χ0n) is 5.01. The molecule has 0 aromatic rings. The van der Waals surface area contributed by atoms with Gasteiger partial charge >= 0.3 is 0 Å². The molecule has 1 unspecified atom stereocenters. The van der Waals surface area contributed by atoms with E-state index < -0.39 is 11.9 Å². The van der Waals surface area contributed by atoms with Gasteiger partial charge in [0, 0.05) is 6.42 Å². The Morgan fingerprint density at radius 2 is 2.33 bits per heavy atom. The van der Waals surface area contributed by atoms with Gasteiger partial charge in [-0.05, 0) is 0 Å². The molecule has 1 atom stereocenters. The van der Waals surface area contributed by atoms with Crippen LogP contribution in [0.2, 0.25) is 0 Å². The van der Waals surface area contributed by atoms with Gasteiger partial charge in [0.1, 0.15) is 5.60 Å². The standard InChI is InChI=1S/C5H10FNO2/c6-4(7)1-5(8)2-9-3-5/h4,8H,1-3,7H2. The van der Waals surface area contributed by atoms with Crippen LogP contribution in [0.4, 0.5) is 4.39 Å². The lowest BCUT2D eigenvalue weighted by Gasteiger charge is -2.36. The third-order valence-electron chi connectivity index (χ3n) is 1.32. The number of nitrogens with two attached hydrogens (primary N) is 1. The Bertz CT molecular complexity index is 103. The number of hydrogen-bond donors (Lipinski definition) is 2. The third-order valence-corrected chi connectivity index (χ3v) is 1.32. The normalized spacial score (nSPS) is 27.0. The summed E-state index contributed by atoms with van der Waals surface area (Å²) < 4.78 is 16.6. The van der Waals surface area contributed by atoms with Crippen molar-refractivity contribution in [2.75, 3.05) is 13.2 Å². The molecule has 3 nitrogen and oxygen atoms in total. The molecule has 4 heteroatoms. The second kappa shape index (κ2) is 2.21. The monoisotopic (exact) mass is 135 g/mol. The topological polar surface area (TPSA) is 55.5 Å². The van der Waals surface area contributed by atoms with Crippen molar-refractivity contribution >= 4 is 0 Å². The molecule has 0 aromatic carbocycles. The summed E-state index contributed by atoms with van der Waals surface area (Å²) in [6.45, 7) is 0.426. The van der Waals surface area contributed by atoms with Crippen molar-refractivity contribution in [3.05, 3.63) is 0 Å². The zero-order valence-corrected chi connectivity index (χ0v) is 5.01. The van der Waals surface area contributed by atoms with Crippen LogP contribution in [0.15, 0.2) is 0 Å². The summed E-state index contributed by atoms with van der Waals surface area (Å²) in [5.74, 6) is 0. The van der Waals surface area contributed by atoms with E-state index in [9.17, 15) is 4.39 Å². The highest BCUT2D eigenvalue weighted by molar-refractivity contribution is 4.86. The molecule has 3 N–H and O–H groups in total. The lowest BCUT2D eigenvalue weighted by atomic mass is 9.98. The summed E-state index contributed by atoms with van der Waals surface area (Å²) in [5.41, 5.74) is 3.83. The summed E-state index contributed by atoms with van der Waals surface area (Å²) in [5, 5.41) is 9.14. The van der Waals surface area contributed by atoms with Gasteiger partial charge in [-0.25, -0.2) is 4.39 Å². The van der Waals surface area contributed by atoms with Crippen LogP contribution in [-0.2, 0) is 4.74 Å². The van der Waals surface area contributed by atoms with Crippen molar-refractivity contribution < 1.29 is 14.2 Å². The molecule has 9 heavy (non-hydrogen) atoms. The molecule has 0 aliphatic carbocycles. The van der Waals surface area contributed by atoms with Gasteiger partial charge in [0.15, 0.2) is 6.30 Å². The molecular formula is C5H10FNO2. The highest BCUT2D eigenvalue weighted by Crippen LogP contribution is 2.21. The molecule has 1 aliphatic rings. The fraction of sp³-hybridized carbons (Fsp3) is 1.00. The van der Waals surface area contributed by atoms with E-state index in [0.29, 0.717) is 0 Å². The van der Waals surface area contributed by atoms with Gasteiger partial charge in [0.25, 0.3) is 0 Å². The number of ether oxygens (including phenoxy) is 1.